The second-order valence-corrected chi connectivity index (χ2v) is 5.77. The van der Waals surface area contributed by atoms with E-state index in [0.29, 0.717) is 12.5 Å². The Hall–Kier alpha value is -0.860. The van der Waals surface area contributed by atoms with Gasteiger partial charge in [0.1, 0.15) is 0 Å². The van der Waals surface area contributed by atoms with Crippen LogP contribution < -0.4 is 5.32 Å². The summed E-state index contributed by atoms with van der Waals surface area (Å²) in [6.07, 6.45) is 4.51. The fraction of sp³-hybridized carbons (Fsp3) is 0.625. The number of aliphatic hydroxyl groups is 1. The Balaban J connectivity index is 2.06. The van der Waals surface area contributed by atoms with Crippen molar-refractivity contribution in [2.45, 2.75) is 51.0 Å². The van der Waals surface area contributed by atoms with Gasteiger partial charge in [0, 0.05) is 6.54 Å². The third kappa shape index (κ3) is 3.33. The molecule has 0 amide bonds. The molecule has 0 fully saturated rings. The van der Waals surface area contributed by atoms with Gasteiger partial charge in [-0.3, -0.25) is 0 Å². The quantitative estimate of drug-likeness (QED) is 0.838. The number of fused-ring (bicyclic) bond motifs is 1. The second-order valence-electron chi connectivity index (χ2n) is 5.77. The number of nitrogens with one attached hydrogen (secondary N) is 1. The molecule has 100 valence electrons. The lowest BCUT2D eigenvalue weighted by Crippen LogP contribution is -2.39. The zero-order valence-electron chi connectivity index (χ0n) is 11.6. The Kier molecular flexibility index (Phi) is 4.41. The van der Waals surface area contributed by atoms with Crippen LogP contribution in [0, 0.1) is 0 Å². The molecular formula is C16H25NO. The normalized spacial score (nSPS) is 22.3. The predicted molar refractivity (Wildman–Crippen MR) is 75.9 cm³/mol. The van der Waals surface area contributed by atoms with Gasteiger partial charge in [0.2, 0.25) is 0 Å². The molecule has 0 aromatic heterocycles. The number of hydrogen-bond donors (Lipinski definition) is 2. The van der Waals surface area contributed by atoms with E-state index in [1.807, 2.05) is 6.92 Å². The number of aryl methyl sites for hydroxylation is 1. The molecule has 2 rings (SSSR count). The van der Waals surface area contributed by atoms with Gasteiger partial charge in [-0.1, -0.05) is 31.2 Å². The molecule has 1 aliphatic carbocycles. The number of likely N-dealkylation sites (N-methyl/N-ethyl adjacent to an activating group) is 1. The first kappa shape index (κ1) is 13.6. The van der Waals surface area contributed by atoms with Gasteiger partial charge in [-0.2, -0.15) is 0 Å². The summed E-state index contributed by atoms with van der Waals surface area (Å²) >= 11 is 0. The second kappa shape index (κ2) is 5.85. The van der Waals surface area contributed by atoms with Gasteiger partial charge in [0.25, 0.3) is 0 Å². The van der Waals surface area contributed by atoms with Crippen LogP contribution in [-0.4, -0.2) is 23.8 Å². The summed E-state index contributed by atoms with van der Waals surface area (Å²) < 4.78 is 0. The summed E-state index contributed by atoms with van der Waals surface area (Å²) in [5.41, 5.74) is 2.33. The highest BCUT2D eigenvalue weighted by atomic mass is 16.3. The van der Waals surface area contributed by atoms with Crippen LogP contribution in [0.3, 0.4) is 0 Å². The minimum absolute atomic E-state index is 0.517. The van der Waals surface area contributed by atoms with Crippen LogP contribution in [0.25, 0.3) is 0 Å². The molecule has 2 unspecified atom stereocenters. The summed E-state index contributed by atoms with van der Waals surface area (Å²) in [5.74, 6) is 0.517. The molecule has 18 heavy (non-hydrogen) atoms. The van der Waals surface area contributed by atoms with E-state index in [2.05, 4.69) is 36.5 Å². The van der Waals surface area contributed by atoms with E-state index in [1.54, 1.807) is 0 Å². The van der Waals surface area contributed by atoms with Crippen molar-refractivity contribution in [3.8, 4) is 0 Å². The van der Waals surface area contributed by atoms with Crippen molar-refractivity contribution in [3.63, 3.8) is 0 Å². The zero-order chi connectivity index (χ0) is 13.0. The van der Waals surface area contributed by atoms with Crippen molar-refractivity contribution in [2.24, 2.45) is 0 Å². The molecule has 2 nitrogen and oxygen atoms in total. The Bertz CT molecular complexity index is 386. The molecule has 0 radical (unpaired) electrons. The summed E-state index contributed by atoms with van der Waals surface area (Å²) in [5, 5.41) is 13.7. The van der Waals surface area contributed by atoms with Gasteiger partial charge in [0.15, 0.2) is 0 Å². The van der Waals surface area contributed by atoms with Gasteiger partial charge < -0.3 is 10.4 Å². The van der Waals surface area contributed by atoms with Gasteiger partial charge in [-0.15, -0.1) is 0 Å². The maximum Gasteiger partial charge on any atom is 0.0749 e. The van der Waals surface area contributed by atoms with Crippen molar-refractivity contribution in [2.75, 3.05) is 13.1 Å². The average Bonchev–Trinajstić information content (AvgIpc) is 2.37. The highest BCUT2D eigenvalue weighted by Gasteiger charge is 2.28. The first-order valence-corrected chi connectivity index (χ1v) is 7.13. The molecule has 1 aromatic carbocycles. The summed E-state index contributed by atoms with van der Waals surface area (Å²) in [6, 6.07) is 8.72. The Morgan fingerprint density at radius 3 is 2.94 bits per heavy atom. The Labute approximate surface area is 110 Å². The SMILES string of the molecule is CCNCC(C)(O)CC1CCCc2ccccc21. The number of hydrogen-bond acceptors (Lipinski definition) is 2. The highest BCUT2D eigenvalue weighted by molar-refractivity contribution is 5.32. The smallest absolute Gasteiger partial charge is 0.0749 e. The van der Waals surface area contributed by atoms with Crippen LogP contribution in [0.5, 0.6) is 0 Å². The van der Waals surface area contributed by atoms with E-state index >= 15 is 0 Å². The molecule has 2 atom stereocenters. The van der Waals surface area contributed by atoms with Gasteiger partial charge in [-0.25, -0.2) is 0 Å². The Morgan fingerprint density at radius 2 is 2.17 bits per heavy atom. The lowest BCUT2D eigenvalue weighted by molar-refractivity contribution is 0.0421. The third-order valence-corrected chi connectivity index (χ3v) is 3.94. The maximum atomic E-state index is 10.5. The molecule has 0 saturated heterocycles. The van der Waals surface area contributed by atoms with Crippen molar-refractivity contribution in [1.82, 2.24) is 5.32 Å². The van der Waals surface area contributed by atoms with Crippen LogP contribution in [0.2, 0.25) is 0 Å². The van der Waals surface area contributed by atoms with E-state index in [-0.39, 0.29) is 0 Å². The topological polar surface area (TPSA) is 32.3 Å². The first-order valence-electron chi connectivity index (χ1n) is 7.13. The van der Waals surface area contributed by atoms with Crippen molar-refractivity contribution in [3.05, 3.63) is 35.4 Å². The molecule has 0 aliphatic heterocycles. The molecule has 2 heteroatoms. The molecule has 1 aliphatic rings. The maximum absolute atomic E-state index is 10.5. The predicted octanol–water partition coefficient (Wildman–Crippen LogP) is 2.86. The van der Waals surface area contributed by atoms with Gasteiger partial charge in [-0.05, 0) is 56.2 Å². The average molecular weight is 247 g/mol. The molecule has 0 heterocycles. The van der Waals surface area contributed by atoms with Crippen LogP contribution in [0.1, 0.15) is 50.2 Å². The monoisotopic (exact) mass is 247 g/mol. The zero-order valence-corrected chi connectivity index (χ0v) is 11.6. The van der Waals surface area contributed by atoms with E-state index in [0.717, 1.165) is 13.0 Å². The highest BCUT2D eigenvalue weighted by Crippen LogP contribution is 2.36. The van der Waals surface area contributed by atoms with Crippen LogP contribution in [0.4, 0.5) is 0 Å². The van der Waals surface area contributed by atoms with Crippen LogP contribution in [0.15, 0.2) is 24.3 Å². The van der Waals surface area contributed by atoms with Gasteiger partial charge >= 0.3 is 0 Å². The van der Waals surface area contributed by atoms with E-state index in [1.165, 1.54) is 30.4 Å². The van der Waals surface area contributed by atoms with E-state index in [9.17, 15) is 5.11 Å². The molecular weight excluding hydrogens is 222 g/mol. The van der Waals surface area contributed by atoms with Crippen LogP contribution in [-0.2, 0) is 6.42 Å². The standard InChI is InChI=1S/C16H25NO/c1-3-17-12-16(2,18)11-14-9-6-8-13-7-4-5-10-15(13)14/h4-5,7,10,14,17-18H,3,6,8-9,11-12H2,1-2H3. The largest absolute Gasteiger partial charge is 0.389 e. The number of rotatable bonds is 5. The number of benzene rings is 1. The van der Waals surface area contributed by atoms with Gasteiger partial charge in [0.05, 0.1) is 5.60 Å². The van der Waals surface area contributed by atoms with Crippen molar-refractivity contribution in [1.29, 1.82) is 0 Å². The fourth-order valence-electron chi connectivity index (χ4n) is 3.06. The summed E-state index contributed by atoms with van der Waals surface area (Å²) in [7, 11) is 0. The van der Waals surface area contributed by atoms with Crippen molar-refractivity contribution >= 4 is 0 Å². The minimum Gasteiger partial charge on any atom is -0.389 e. The Morgan fingerprint density at radius 1 is 1.39 bits per heavy atom. The fourth-order valence-corrected chi connectivity index (χ4v) is 3.06. The molecule has 2 N–H and O–H groups in total. The molecule has 0 spiro atoms. The lowest BCUT2D eigenvalue weighted by atomic mass is 9.77. The third-order valence-electron chi connectivity index (χ3n) is 3.94. The molecule has 0 saturated carbocycles. The first-order chi connectivity index (χ1) is 8.62. The summed E-state index contributed by atoms with van der Waals surface area (Å²) in [4.78, 5) is 0. The molecule has 0 bridgehead atoms. The lowest BCUT2D eigenvalue weighted by Gasteiger charge is -2.32. The minimum atomic E-state index is -0.606. The van der Waals surface area contributed by atoms with E-state index in [4.69, 9.17) is 0 Å². The van der Waals surface area contributed by atoms with Crippen molar-refractivity contribution < 1.29 is 5.11 Å². The summed E-state index contributed by atoms with van der Waals surface area (Å²) in [6.45, 7) is 5.62. The van der Waals surface area contributed by atoms with E-state index < -0.39 is 5.60 Å². The van der Waals surface area contributed by atoms with Crippen LogP contribution >= 0.6 is 0 Å². The molecule has 1 aromatic rings.